The zero-order chi connectivity index (χ0) is 12.5. The third-order valence-electron chi connectivity index (χ3n) is 3.10. The van der Waals surface area contributed by atoms with E-state index in [-0.39, 0.29) is 5.97 Å². The predicted molar refractivity (Wildman–Crippen MR) is 70.9 cm³/mol. The molecule has 1 aliphatic rings. The quantitative estimate of drug-likeness (QED) is 0.792. The van der Waals surface area contributed by atoms with Gasteiger partial charge in [-0.3, -0.25) is 0 Å². The fraction of sp³-hybridized carbons (Fsp3) is 0.286. The van der Waals surface area contributed by atoms with E-state index >= 15 is 0 Å². The van der Waals surface area contributed by atoms with E-state index in [0.717, 1.165) is 10.6 Å². The maximum absolute atomic E-state index is 11.4. The lowest BCUT2D eigenvalue weighted by Crippen LogP contribution is -1.96. The van der Waals surface area contributed by atoms with Gasteiger partial charge in [0.15, 0.2) is 0 Å². The number of ether oxygens (including phenoxy) is 1. The first-order valence-corrected chi connectivity index (χ1v) is 6.74. The molecule has 1 aromatic heterocycles. The maximum Gasteiger partial charge on any atom is 0.349 e. The van der Waals surface area contributed by atoms with Gasteiger partial charge in [0.25, 0.3) is 0 Å². The smallest absolute Gasteiger partial charge is 0.349 e. The van der Waals surface area contributed by atoms with E-state index < -0.39 is 0 Å². The number of esters is 1. The zero-order valence-electron chi connectivity index (χ0n) is 10.1. The van der Waals surface area contributed by atoms with E-state index in [9.17, 15) is 4.79 Å². The number of nitrogens with zero attached hydrogens (tertiary/aromatic N) is 1. The van der Waals surface area contributed by atoms with Crippen LogP contribution < -0.4 is 0 Å². The monoisotopic (exact) mass is 259 g/mol. The van der Waals surface area contributed by atoms with E-state index in [4.69, 9.17) is 4.74 Å². The molecule has 0 bridgehead atoms. The summed E-state index contributed by atoms with van der Waals surface area (Å²) in [5, 5.41) is 0.901. The molecule has 0 saturated heterocycles. The molecule has 1 fully saturated rings. The summed E-state index contributed by atoms with van der Waals surface area (Å²) in [5.74, 6) is 0.356. The first kappa shape index (κ1) is 11.4. The first-order chi connectivity index (χ1) is 8.79. The second-order valence-corrected chi connectivity index (χ2v) is 5.41. The fourth-order valence-corrected chi connectivity index (χ4v) is 2.92. The summed E-state index contributed by atoms with van der Waals surface area (Å²) in [7, 11) is 1.39. The fourth-order valence-electron chi connectivity index (χ4n) is 2.04. The van der Waals surface area contributed by atoms with Crippen LogP contribution in [0.25, 0.3) is 10.6 Å². The lowest BCUT2D eigenvalue weighted by atomic mass is 10.0. The van der Waals surface area contributed by atoms with Gasteiger partial charge in [0.05, 0.1) is 13.3 Å². The van der Waals surface area contributed by atoms with Crippen LogP contribution in [-0.2, 0) is 4.74 Å². The lowest BCUT2D eigenvalue weighted by Gasteiger charge is -2.04. The molecule has 0 amide bonds. The highest BCUT2D eigenvalue weighted by atomic mass is 32.1. The molecule has 18 heavy (non-hydrogen) atoms. The third kappa shape index (κ3) is 2.04. The van der Waals surface area contributed by atoms with Crippen molar-refractivity contribution >= 4 is 17.3 Å². The molecule has 0 spiro atoms. The minimum absolute atomic E-state index is 0.317. The largest absolute Gasteiger partial charge is 0.465 e. The van der Waals surface area contributed by atoms with Crippen molar-refractivity contribution in [3.63, 3.8) is 0 Å². The van der Waals surface area contributed by atoms with Crippen molar-refractivity contribution in [3.05, 3.63) is 40.9 Å². The molecule has 3 nitrogen and oxygen atoms in total. The van der Waals surface area contributed by atoms with Crippen molar-refractivity contribution in [3.8, 4) is 10.6 Å². The molecule has 0 atom stereocenters. The number of hydrogen-bond donors (Lipinski definition) is 0. The van der Waals surface area contributed by atoms with Crippen molar-refractivity contribution in [1.29, 1.82) is 0 Å². The van der Waals surface area contributed by atoms with Gasteiger partial charge in [-0.2, -0.15) is 0 Å². The van der Waals surface area contributed by atoms with Gasteiger partial charge in [-0.1, -0.05) is 24.3 Å². The van der Waals surface area contributed by atoms with Crippen LogP contribution in [0.4, 0.5) is 0 Å². The Kier molecular flexibility index (Phi) is 2.88. The van der Waals surface area contributed by atoms with Crippen LogP contribution in [0.1, 0.15) is 34.0 Å². The van der Waals surface area contributed by atoms with E-state index in [1.165, 1.54) is 36.9 Å². The standard InChI is InChI=1S/C14H13NO2S/c1-17-14(16)12-8-15-13(18-12)11-5-3-2-4-10(11)9-6-7-9/h2-5,8-9H,6-7H2,1H3. The molecule has 4 heteroatoms. The molecule has 2 aromatic rings. The van der Waals surface area contributed by atoms with E-state index in [0.29, 0.717) is 10.8 Å². The number of methoxy groups -OCH3 is 1. The van der Waals surface area contributed by atoms with Gasteiger partial charge in [0.2, 0.25) is 0 Å². The molecule has 1 aromatic carbocycles. The number of thiazole rings is 1. The summed E-state index contributed by atoms with van der Waals surface area (Å²) in [4.78, 5) is 16.3. The van der Waals surface area contributed by atoms with E-state index in [2.05, 4.69) is 23.2 Å². The number of aromatic nitrogens is 1. The van der Waals surface area contributed by atoms with Crippen LogP contribution in [-0.4, -0.2) is 18.1 Å². The molecule has 92 valence electrons. The second kappa shape index (κ2) is 4.53. The van der Waals surface area contributed by atoms with Gasteiger partial charge in [-0.05, 0) is 24.3 Å². The van der Waals surface area contributed by atoms with E-state index in [1.54, 1.807) is 6.20 Å². The minimum Gasteiger partial charge on any atom is -0.465 e. The SMILES string of the molecule is COC(=O)c1cnc(-c2ccccc2C2CC2)s1. The van der Waals surface area contributed by atoms with Crippen molar-refractivity contribution in [2.45, 2.75) is 18.8 Å². The van der Waals surface area contributed by atoms with Crippen molar-refractivity contribution in [1.82, 2.24) is 4.98 Å². The Morgan fingerprint density at radius 1 is 1.39 bits per heavy atom. The summed E-state index contributed by atoms with van der Waals surface area (Å²) in [5.41, 5.74) is 2.50. The van der Waals surface area contributed by atoms with Gasteiger partial charge in [0, 0.05) is 5.56 Å². The van der Waals surface area contributed by atoms with Gasteiger partial charge >= 0.3 is 5.97 Å². The van der Waals surface area contributed by atoms with Crippen LogP contribution in [0.2, 0.25) is 0 Å². The molecule has 1 saturated carbocycles. The normalized spacial score (nSPS) is 14.5. The Hall–Kier alpha value is -1.68. The van der Waals surface area contributed by atoms with Crippen LogP contribution in [0.3, 0.4) is 0 Å². The number of rotatable bonds is 3. The molecule has 1 heterocycles. The van der Waals surface area contributed by atoms with Gasteiger partial charge in [0.1, 0.15) is 9.88 Å². The summed E-state index contributed by atoms with van der Waals surface area (Å²) in [6.07, 6.45) is 4.11. The molecule has 1 aliphatic carbocycles. The van der Waals surface area contributed by atoms with Gasteiger partial charge < -0.3 is 4.74 Å². The lowest BCUT2D eigenvalue weighted by molar-refractivity contribution is 0.0606. The van der Waals surface area contributed by atoms with Crippen molar-refractivity contribution in [2.75, 3.05) is 7.11 Å². The number of carbonyl (C=O) groups excluding carboxylic acids is 1. The van der Waals surface area contributed by atoms with Crippen LogP contribution >= 0.6 is 11.3 Å². The predicted octanol–water partition coefficient (Wildman–Crippen LogP) is 3.47. The average Bonchev–Trinajstić information content (AvgIpc) is 3.15. The van der Waals surface area contributed by atoms with Gasteiger partial charge in [-0.25, -0.2) is 9.78 Å². The molecule has 0 radical (unpaired) electrons. The summed E-state index contributed by atoms with van der Waals surface area (Å²) in [6, 6.07) is 8.31. The Bertz CT molecular complexity index is 587. The molecular weight excluding hydrogens is 246 g/mol. The zero-order valence-corrected chi connectivity index (χ0v) is 10.9. The van der Waals surface area contributed by atoms with E-state index in [1.807, 2.05) is 6.07 Å². The Labute approximate surface area is 109 Å². The Morgan fingerprint density at radius 2 is 2.17 bits per heavy atom. The Balaban J connectivity index is 1.99. The van der Waals surface area contributed by atoms with Crippen LogP contribution in [0.5, 0.6) is 0 Å². The highest BCUT2D eigenvalue weighted by Gasteiger charge is 2.27. The molecular formula is C14H13NO2S. The Morgan fingerprint density at radius 3 is 2.89 bits per heavy atom. The topological polar surface area (TPSA) is 39.2 Å². The number of benzene rings is 1. The second-order valence-electron chi connectivity index (χ2n) is 4.38. The van der Waals surface area contributed by atoms with Crippen LogP contribution in [0, 0.1) is 0 Å². The number of carbonyl (C=O) groups is 1. The average molecular weight is 259 g/mol. The minimum atomic E-state index is -0.317. The van der Waals surface area contributed by atoms with Crippen molar-refractivity contribution < 1.29 is 9.53 Å². The number of hydrogen-bond acceptors (Lipinski definition) is 4. The summed E-state index contributed by atoms with van der Waals surface area (Å²) in [6.45, 7) is 0. The molecule has 0 aliphatic heterocycles. The van der Waals surface area contributed by atoms with Crippen LogP contribution in [0.15, 0.2) is 30.5 Å². The highest BCUT2D eigenvalue weighted by Crippen LogP contribution is 2.44. The summed E-state index contributed by atoms with van der Waals surface area (Å²) >= 11 is 1.39. The molecule has 0 N–H and O–H groups in total. The molecule has 0 unspecified atom stereocenters. The summed E-state index contributed by atoms with van der Waals surface area (Å²) < 4.78 is 4.71. The highest BCUT2D eigenvalue weighted by molar-refractivity contribution is 7.16. The maximum atomic E-state index is 11.4. The van der Waals surface area contributed by atoms with Crippen molar-refractivity contribution in [2.24, 2.45) is 0 Å². The first-order valence-electron chi connectivity index (χ1n) is 5.93. The van der Waals surface area contributed by atoms with Gasteiger partial charge in [-0.15, -0.1) is 11.3 Å². The third-order valence-corrected chi connectivity index (χ3v) is 4.11. The molecule has 3 rings (SSSR count).